The summed E-state index contributed by atoms with van der Waals surface area (Å²) in [5.74, 6) is -1.73. The van der Waals surface area contributed by atoms with E-state index in [1.54, 1.807) is 6.07 Å². The highest BCUT2D eigenvalue weighted by Crippen LogP contribution is 2.20. The van der Waals surface area contributed by atoms with E-state index < -0.39 is 23.6 Å². The van der Waals surface area contributed by atoms with Crippen molar-refractivity contribution < 1.29 is 18.3 Å². The molecule has 1 amide bonds. The van der Waals surface area contributed by atoms with Crippen LogP contribution in [-0.2, 0) is 4.79 Å². The van der Waals surface area contributed by atoms with Gasteiger partial charge in [-0.2, -0.15) is 0 Å². The van der Waals surface area contributed by atoms with Gasteiger partial charge in [0.15, 0.2) is 0 Å². The third-order valence-electron chi connectivity index (χ3n) is 3.03. The second-order valence-corrected chi connectivity index (χ2v) is 4.89. The number of pyridine rings is 1. The molecule has 5 nitrogen and oxygen atoms in total. The van der Waals surface area contributed by atoms with Crippen molar-refractivity contribution in [1.29, 1.82) is 0 Å². The number of carbonyl (C=O) groups excluding carboxylic acids is 1. The molecule has 0 saturated carbocycles. The maximum Gasteiger partial charge on any atom is 0.246 e. The van der Waals surface area contributed by atoms with Gasteiger partial charge in [0.05, 0.1) is 24.7 Å². The Labute approximate surface area is 132 Å². The quantitative estimate of drug-likeness (QED) is 0.857. The molecular weight excluding hydrogens is 304 g/mol. The lowest BCUT2D eigenvalue weighted by atomic mass is 10.1. The predicted molar refractivity (Wildman–Crippen MR) is 81.9 cm³/mol. The van der Waals surface area contributed by atoms with Crippen LogP contribution in [0.4, 0.5) is 14.5 Å². The van der Waals surface area contributed by atoms with E-state index in [2.05, 4.69) is 10.3 Å². The van der Waals surface area contributed by atoms with Crippen LogP contribution in [0.3, 0.4) is 0 Å². The van der Waals surface area contributed by atoms with Gasteiger partial charge in [0.25, 0.3) is 0 Å². The van der Waals surface area contributed by atoms with Crippen molar-refractivity contribution in [2.45, 2.75) is 19.4 Å². The van der Waals surface area contributed by atoms with Crippen molar-refractivity contribution in [2.24, 2.45) is 5.73 Å². The van der Waals surface area contributed by atoms with Crippen molar-refractivity contribution in [2.75, 3.05) is 11.9 Å². The summed E-state index contributed by atoms with van der Waals surface area (Å²) in [6.45, 7) is 2.49. The van der Waals surface area contributed by atoms with E-state index in [4.69, 9.17) is 10.5 Å². The lowest BCUT2D eigenvalue weighted by Gasteiger charge is -2.14. The number of nitrogens with one attached hydrogen (secondary N) is 1. The summed E-state index contributed by atoms with van der Waals surface area (Å²) >= 11 is 0. The van der Waals surface area contributed by atoms with Crippen molar-refractivity contribution in [3.63, 3.8) is 0 Å². The minimum Gasteiger partial charge on any atom is -0.492 e. The van der Waals surface area contributed by atoms with Crippen molar-refractivity contribution in [1.82, 2.24) is 4.98 Å². The third kappa shape index (κ3) is 4.46. The summed E-state index contributed by atoms with van der Waals surface area (Å²) < 4.78 is 32.0. The van der Waals surface area contributed by atoms with Crippen molar-refractivity contribution >= 4 is 11.6 Å². The average Bonchev–Trinajstić information content (AvgIpc) is 2.52. The number of halogens is 2. The SMILES string of the molecule is CCCOc1cncc(NC(=O)C(N)c2ccc(F)cc2F)c1. The van der Waals surface area contributed by atoms with Gasteiger partial charge in [-0.25, -0.2) is 8.78 Å². The molecule has 2 rings (SSSR count). The standard InChI is InChI=1S/C16H17F2N3O2/c1-2-5-23-12-7-11(8-20-9-12)21-16(22)15(19)13-4-3-10(17)6-14(13)18/h3-4,6-9,15H,2,5,19H2,1H3,(H,21,22). The van der Waals surface area contributed by atoms with E-state index in [-0.39, 0.29) is 5.56 Å². The second kappa shape index (κ2) is 7.64. The number of hydrogen-bond acceptors (Lipinski definition) is 4. The molecule has 2 aromatic rings. The van der Waals surface area contributed by atoms with Gasteiger partial charge in [-0.15, -0.1) is 0 Å². The number of carbonyl (C=O) groups is 1. The average molecular weight is 321 g/mol. The largest absolute Gasteiger partial charge is 0.492 e. The summed E-state index contributed by atoms with van der Waals surface area (Å²) in [5, 5.41) is 2.53. The van der Waals surface area contributed by atoms with Gasteiger partial charge in [0.1, 0.15) is 23.4 Å². The van der Waals surface area contributed by atoms with Crippen molar-refractivity contribution in [3.8, 4) is 5.75 Å². The summed E-state index contributed by atoms with van der Waals surface area (Å²) in [7, 11) is 0. The molecule has 0 aliphatic rings. The van der Waals surface area contributed by atoms with E-state index in [0.717, 1.165) is 18.6 Å². The van der Waals surface area contributed by atoms with Crippen LogP contribution in [-0.4, -0.2) is 17.5 Å². The zero-order chi connectivity index (χ0) is 16.8. The number of hydrogen-bond donors (Lipinski definition) is 2. The Hall–Kier alpha value is -2.54. The molecule has 1 unspecified atom stereocenters. The molecule has 122 valence electrons. The normalized spacial score (nSPS) is 11.8. The number of rotatable bonds is 6. The summed E-state index contributed by atoms with van der Waals surface area (Å²) in [4.78, 5) is 16.1. The fourth-order valence-electron chi connectivity index (χ4n) is 1.90. The third-order valence-corrected chi connectivity index (χ3v) is 3.03. The molecule has 0 aliphatic carbocycles. The topological polar surface area (TPSA) is 77.2 Å². The molecule has 1 heterocycles. The molecule has 0 saturated heterocycles. The van der Waals surface area contributed by atoms with Gasteiger partial charge in [-0.05, 0) is 12.5 Å². The van der Waals surface area contributed by atoms with Crippen LogP contribution >= 0.6 is 0 Å². The summed E-state index contributed by atoms with van der Waals surface area (Å²) in [5.41, 5.74) is 6.02. The smallest absolute Gasteiger partial charge is 0.246 e. The lowest BCUT2D eigenvalue weighted by molar-refractivity contribution is -0.117. The van der Waals surface area contributed by atoms with Crippen LogP contribution < -0.4 is 15.8 Å². The van der Waals surface area contributed by atoms with Gasteiger partial charge in [0, 0.05) is 17.7 Å². The number of nitrogens with zero attached hydrogens (tertiary/aromatic N) is 1. The van der Waals surface area contributed by atoms with Crippen LogP contribution in [0.15, 0.2) is 36.7 Å². The number of aromatic nitrogens is 1. The summed E-state index contributed by atoms with van der Waals surface area (Å²) in [6, 6.07) is 3.20. The molecule has 23 heavy (non-hydrogen) atoms. The zero-order valence-corrected chi connectivity index (χ0v) is 12.6. The Morgan fingerprint density at radius 1 is 1.35 bits per heavy atom. The van der Waals surface area contributed by atoms with Gasteiger partial charge in [0.2, 0.25) is 5.91 Å². The highest BCUT2D eigenvalue weighted by atomic mass is 19.1. The fraction of sp³-hybridized carbons (Fsp3) is 0.250. The Morgan fingerprint density at radius 2 is 2.13 bits per heavy atom. The molecule has 0 fully saturated rings. The van der Waals surface area contributed by atoms with Crippen LogP contribution in [0.1, 0.15) is 24.9 Å². The Balaban J connectivity index is 2.09. The monoisotopic (exact) mass is 321 g/mol. The predicted octanol–water partition coefficient (Wildman–Crippen LogP) is 2.79. The lowest BCUT2D eigenvalue weighted by Crippen LogP contribution is -2.28. The fourth-order valence-corrected chi connectivity index (χ4v) is 1.90. The first-order chi connectivity index (χ1) is 11.0. The number of anilines is 1. The van der Waals surface area contributed by atoms with Crippen LogP contribution in [0.2, 0.25) is 0 Å². The number of benzene rings is 1. The first-order valence-corrected chi connectivity index (χ1v) is 7.10. The van der Waals surface area contributed by atoms with Crippen molar-refractivity contribution in [3.05, 3.63) is 53.9 Å². The molecule has 1 atom stereocenters. The molecule has 3 N–H and O–H groups in total. The first kappa shape index (κ1) is 16.8. The van der Waals surface area contributed by atoms with Crippen LogP contribution in [0.5, 0.6) is 5.75 Å². The Bertz CT molecular complexity index is 695. The van der Waals surface area contributed by atoms with E-state index in [9.17, 15) is 13.6 Å². The van der Waals surface area contributed by atoms with Gasteiger partial charge < -0.3 is 15.8 Å². The molecule has 7 heteroatoms. The number of amides is 1. The molecule has 1 aromatic carbocycles. The second-order valence-electron chi connectivity index (χ2n) is 4.89. The molecule has 0 radical (unpaired) electrons. The highest BCUT2D eigenvalue weighted by Gasteiger charge is 2.20. The molecular formula is C16H17F2N3O2. The Kier molecular flexibility index (Phi) is 5.59. The first-order valence-electron chi connectivity index (χ1n) is 7.10. The molecule has 0 spiro atoms. The van der Waals surface area contributed by atoms with Gasteiger partial charge >= 0.3 is 0 Å². The minimum atomic E-state index is -1.27. The minimum absolute atomic E-state index is 0.0877. The van der Waals surface area contributed by atoms with Crippen LogP contribution in [0.25, 0.3) is 0 Å². The van der Waals surface area contributed by atoms with E-state index in [1.807, 2.05) is 6.92 Å². The van der Waals surface area contributed by atoms with Gasteiger partial charge in [-0.3, -0.25) is 9.78 Å². The molecule has 0 bridgehead atoms. The summed E-state index contributed by atoms with van der Waals surface area (Å²) in [6.07, 6.45) is 3.78. The maximum absolute atomic E-state index is 13.7. The van der Waals surface area contributed by atoms with E-state index in [1.165, 1.54) is 12.4 Å². The Morgan fingerprint density at radius 3 is 2.83 bits per heavy atom. The number of ether oxygens (including phenoxy) is 1. The van der Waals surface area contributed by atoms with Gasteiger partial charge in [-0.1, -0.05) is 13.0 Å². The maximum atomic E-state index is 13.7. The number of nitrogens with two attached hydrogens (primary N) is 1. The highest BCUT2D eigenvalue weighted by molar-refractivity contribution is 5.95. The molecule has 1 aromatic heterocycles. The molecule has 0 aliphatic heterocycles. The van der Waals surface area contributed by atoms with E-state index >= 15 is 0 Å². The van der Waals surface area contributed by atoms with E-state index in [0.29, 0.717) is 24.1 Å². The van der Waals surface area contributed by atoms with Crippen LogP contribution in [0, 0.1) is 11.6 Å². The zero-order valence-electron chi connectivity index (χ0n) is 12.6.